The molecule has 1 aliphatic rings. The quantitative estimate of drug-likeness (QED) is 0.647. The molecule has 2 aromatic rings. The third-order valence-corrected chi connectivity index (χ3v) is 4.73. The van der Waals surface area contributed by atoms with E-state index < -0.39 is 24.4 Å². The van der Waals surface area contributed by atoms with Crippen LogP contribution in [0.5, 0.6) is 5.75 Å². The molecule has 0 aliphatic carbocycles. The number of amides is 2. The van der Waals surface area contributed by atoms with E-state index in [0.29, 0.717) is 17.0 Å². The van der Waals surface area contributed by atoms with E-state index in [1.54, 1.807) is 24.3 Å². The number of hydrogen-bond acceptors (Lipinski definition) is 6. The summed E-state index contributed by atoms with van der Waals surface area (Å²) in [5.41, 5.74) is 2.06. The Kier molecular flexibility index (Phi) is 7.26. The van der Waals surface area contributed by atoms with Gasteiger partial charge in [-0.05, 0) is 49.2 Å². The average Bonchev–Trinajstić information content (AvgIpc) is 3.31. The number of ether oxygens (including phenoxy) is 2. The lowest BCUT2D eigenvalue weighted by atomic mass is 10.2. The van der Waals surface area contributed by atoms with E-state index in [1.165, 1.54) is 20.0 Å². The van der Waals surface area contributed by atoms with Crippen molar-refractivity contribution in [2.75, 3.05) is 43.6 Å². The van der Waals surface area contributed by atoms with Gasteiger partial charge in [-0.1, -0.05) is 12.1 Å². The maximum absolute atomic E-state index is 12.1. The Morgan fingerprint density at radius 3 is 2.40 bits per heavy atom. The van der Waals surface area contributed by atoms with Crippen LogP contribution in [-0.2, 0) is 14.3 Å². The van der Waals surface area contributed by atoms with Gasteiger partial charge in [0.25, 0.3) is 11.8 Å². The van der Waals surface area contributed by atoms with Crippen molar-refractivity contribution in [1.29, 1.82) is 0 Å². The van der Waals surface area contributed by atoms with Crippen molar-refractivity contribution in [3.63, 3.8) is 0 Å². The summed E-state index contributed by atoms with van der Waals surface area (Å²) < 4.78 is 10.0. The van der Waals surface area contributed by atoms with Crippen LogP contribution in [0, 0.1) is 0 Å². The van der Waals surface area contributed by atoms with E-state index in [9.17, 15) is 14.4 Å². The predicted molar refractivity (Wildman–Crippen MR) is 113 cm³/mol. The van der Waals surface area contributed by atoms with Crippen molar-refractivity contribution < 1.29 is 23.9 Å². The fraction of sp³-hybridized carbons (Fsp3) is 0.318. The largest absolute Gasteiger partial charge is 0.496 e. The van der Waals surface area contributed by atoms with Crippen molar-refractivity contribution in [3.05, 3.63) is 54.1 Å². The van der Waals surface area contributed by atoms with Crippen LogP contribution in [0.25, 0.3) is 0 Å². The second-order valence-electron chi connectivity index (χ2n) is 6.83. The molecule has 1 heterocycles. The van der Waals surface area contributed by atoms with Gasteiger partial charge in [-0.3, -0.25) is 14.4 Å². The van der Waals surface area contributed by atoms with Gasteiger partial charge in [0.15, 0.2) is 6.61 Å². The van der Waals surface area contributed by atoms with Crippen LogP contribution in [0.1, 0.15) is 23.2 Å². The average molecular weight is 411 g/mol. The highest BCUT2D eigenvalue weighted by Crippen LogP contribution is 2.22. The summed E-state index contributed by atoms with van der Waals surface area (Å²) in [6.45, 7) is 1.32. The van der Waals surface area contributed by atoms with Crippen molar-refractivity contribution in [2.45, 2.75) is 12.8 Å². The van der Waals surface area contributed by atoms with Crippen molar-refractivity contribution in [1.82, 2.24) is 5.32 Å². The Morgan fingerprint density at radius 2 is 1.70 bits per heavy atom. The maximum atomic E-state index is 12.1. The van der Waals surface area contributed by atoms with Gasteiger partial charge in [0, 0.05) is 24.5 Å². The molecule has 158 valence electrons. The van der Waals surface area contributed by atoms with Crippen LogP contribution < -0.4 is 20.3 Å². The lowest BCUT2D eigenvalue weighted by molar-refractivity contribution is -0.146. The molecule has 2 amide bonds. The first-order valence-corrected chi connectivity index (χ1v) is 9.78. The fourth-order valence-corrected chi connectivity index (χ4v) is 3.20. The molecule has 0 bridgehead atoms. The molecule has 0 radical (unpaired) electrons. The molecule has 0 aromatic heterocycles. The Balaban J connectivity index is 1.40. The summed E-state index contributed by atoms with van der Waals surface area (Å²) in [5, 5.41) is 5.13. The van der Waals surface area contributed by atoms with E-state index >= 15 is 0 Å². The fourth-order valence-electron chi connectivity index (χ4n) is 3.20. The summed E-state index contributed by atoms with van der Waals surface area (Å²) >= 11 is 0. The van der Waals surface area contributed by atoms with Gasteiger partial charge in [-0.15, -0.1) is 0 Å². The van der Waals surface area contributed by atoms with Crippen LogP contribution in [0.3, 0.4) is 0 Å². The van der Waals surface area contributed by atoms with Crippen molar-refractivity contribution in [2.24, 2.45) is 0 Å². The van der Waals surface area contributed by atoms with Gasteiger partial charge in [0.2, 0.25) is 0 Å². The molecule has 0 atom stereocenters. The molecule has 30 heavy (non-hydrogen) atoms. The summed E-state index contributed by atoms with van der Waals surface area (Å²) in [6, 6.07) is 14.2. The number of anilines is 2. The second-order valence-corrected chi connectivity index (χ2v) is 6.83. The minimum atomic E-state index is -0.710. The van der Waals surface area contributed by atoms with E-state index in [0.717, 1.165) is 18.8 Å². The molecule has 1 fully saturated rings. The molecular formula is C22H25N3O5. The van der Waals surface area contributed by atoms with Crippen LogP contribution in [0.2, 0.25) is 0 Å². The number of hydrogen-bond donors (Lipinski definition) is 2. The molecule has 0 spiro atoms. The smallest absolute Gasteiger partial charge is 0.325 e. The maximum Gasteiger partial charge on any atom is 0.325 e. The van der Waals surface area contributed by atoms with Crippen molar-refractivity contribution in [3.8, 4) is 5.75 Å². The number of rotatable bonds is 8. The lowest BCUT2D eigenvalue weighted by Crippen LogP contribution is -2.32. The summed E-state index contributed by atoms with van der Waals surface area (Å²) in [4.78, 5) is 38.3. The standard InChI is InChI=1S/C22H25N3O5/c1-29-19-7-3-2-6-18(19)22(28)23-14-21(27)30-15-20(26)24-16-8-10-17(11-9-16)25-12-4-5-13-25/h2-3,6-11H,4-5,12-15H2,1H3,(H,23,28)(H,24,26). The van der Waals surface area contributed by atoms with Crippen LogP contribution in [0.15, 0.2) is 48.5 Å². The number of nitrogens with one attached hydrogen (secondary N) is 2. The van der Waals surface area contributed by atoms with E-state index in [-0.39, 0.29) is 6.54 Å². The van der Waals surface area contributed by atoms with Gasteiger partial charge in [0.1, 0.15) is 12.3 Å². The molecule has 2 aromatic carbocycles. The lowest BCUT2D eigenvalue weighted by Gasteiger charge is -2.17. The molecule has 0 unspecified atom stereocenters. The Bertz CT molecular complexity index is 892. The molecule has 8 heteroatoms. The van der Waals surface area contributed by atoms with E-state index in [2.05, 4.69) is 15.5 Å². The summed E-state index contributed by atoms with van der Waals surface area (Å²) in [6.07, 6.45) is 2.40. The zero-order valence-corrected chi connectivity index (χ0v) is 16.8. The monoisotopic (exact) mass is 411 g/mol. The number of carbonyl (C=O) groups excluding carboxylic acids is 3. The minimum Gasteiger partial charge on any atom is -0.496 e. The topological polar surface area (TPSA) is 97.0 Å². The first-order chi connectivity index (χ1) is 14.6. The SMILES string of the molecule is COc1ccccc1C(=O)NCC(=O)OCC(=O)Nc1ccc(N2CCCC2)cc1. The van der Waals surface area contributed by atoms with Gasteiger partial charge in [-0.2, -0.15) is 0 Å². The van der Waals surface area contributed by atoms with Gasteiger partial charge in [-0.25, -0.2) is 0 Å². The van der Waals surface area contributed by atoms with Gasteiger partial charge >= 0.3 is 5.97 Å². The molecule has 8 nitrogen and oxygen atoms in total. The highest BCUT2D eigenvalue weighted by atomic mass is 16.5. The number of para-hydroxylation sites is 1. The number of esters is 1. The van der Waals surface area contributed by atoms with Gasteiger partial charge < -0.3 is 25.0 Å². The summed E-state index contributed by atoms with van der Waals surface area (Å²) in [5.74, 6) is -1.23. The molecule has 3 rings (SSSR count). The third kappa shape index (κ3) is 5.73. The molecule has 0 saturated carbocycles. The molecule has 1 aliphatic heterocycles. The van der Waals surface area contributed by atoms with Crippen LogP contribution in [-0.4, -0.2) is 51.1 Å². The van der Waals surface area contributed by atoms with Crippen molar-refractivity contribution >= 4 is 29.2 Å². The second kappa shape index (κ2) is 10.3. The normalized spacial score (nSPS) is 12.9. The highest BCUT2D eigenvalue weighted by molar-refractivity contribution is 5.98. The minimum absolute atomic E-state index is 0.308. The Morgan fingerprint density at radius 1 is 1.00 bits per heavy atom. The van der Waals surface area contributed by atoms with E-state index in [1.807, 2.05) is 24.3 Å². The Labute approximate surface area is 175 Å². The number of nitrogens with zero attached hydrogens (tertiary/aromatic N) is 1. The number of carbonyl (C=O) groups is 3. The third-order valence-electron chi connectivity index (χ3n) is 4.73. The summed E-state index contributed by atoms with van der Waals surface area (Å²) in [7, 11) is 1.46. The van der Waals surface area contributed by atoms with Crippen LogP contribution >= 0.6 is 0 Å². The van der Waals surface area contributed by atoms with Crippen LogP contribution in [0.4, 0.5) is 11.4 Å². The zero-order chi connectivity index (χ0) is 21.3. The first kappa shape index (κ1) is 21.2. The molecular weight excluding hydrogens is 386 g/mol. The van der Waals surface area contributed by atoms with E-state index in [4.69, 9.17) is 9.47 Å². The van der Waals surface area contributed by atoms with Gasteiger partial charge in [0.05, 0.1) is 12.7 Å². The first-order valence-electron chi connectivity index (χ1n) is 9.78. The highest BCUT2D eigenvalue weighted by Gasteiger charge is 2.15. The number of benzene rings is 2. The molecule has 1 saturated heterocycles. The molecule has 2 N–H and O–H groups in total. The zero-order valence-electron chi connectivity index (χ0n) is 16.8. The Hall–Kier alpha value is -3.55. The predicted octanol–water partition coefficient (Wildman–Crippen LogP) is 2.21. The number of methoxy groups -OCH3 is 1.